The zero-order valence-corrected chi connectivity index (χ0v) is 20.2. The topological polar surface area (TPSA) is 91.8 Å². The van der Waals surface area contributed by atoms with E-state index in [9.17, 15) is 8.42 Å². The number of nitrogens with zero attached hydrogens (tertiary/aromatic N) is 1. The summed E-state index contributed by atoms with van der Waals surface area (Å²) in [6, 6.07) is 6.12. The van der Waals surface area contributed by atoms with Gasteiger partial charge in [0.2, 0.25) is 10.0 Å². The number of rotatable bonds is 9. The normalized spacial score (nSPS) is 12.3. The third-order valence-electron chi connectivity index (χ3n) is 3.56. The molecule has 0 saturated heterocycles. The zero-order valence-electron chi connectivity index (χ0n) is 17.0. The minimum atomic E-state index is -3.28. The van der Waals surface area contributed by atoms with Crippen molar-refractivity contribution in [2.45, 2.75) is 39.7 Å². The van der Waals surface area contributed by atoms with E-state index in [2.05, 4.69) is 33.3 Å². The molecule has 0 heterocycles. The molecule has 0 unspecified atom stereocenters. The summed E-state index contributed by atoms with van der Waals surface area (Å²) in [6.07, 6.45) is 1.94. The second kappa shape index (κ2) is 11.7. The van der Waals surface area contributed by atoms with Crippen LogP contribution in [-0.2, 0) is 16.4 Å². The average Bonchev–Trinajstić information content (AvgIpc) is 2.50. The molecule has 9 heteroatoms. The number of methoxy groups -OCH3 is 1. The lowest BCUT2D eigenvalue weighted by Gasteiger charge is -2.23. The molecule has 1 aromatic carbocycles. The second-order valence-corrected chi connectivity index (χ2v) is 8.69. The smallest absolute Gasteiger partial charge is 0.209 e. The number of aliphatic imine (C=N–C) groups is 1. The van der Waals surface area contributed by atoms with Crippen molar-refractivity contribution in [3.8, 4) is 5.75 Å². The zero-order chi connectivity index (χ0) is 19.8. The lowest BCUT2D eigenvalue weighted by molar-refractivity contribution is 0.409. The van der Waals surface area contributed by atoms with Crippen molar-refractivity contribution in [2.75, 3.05) is 33.0 Å². The van der Waals surface area contributed by atoms with Crippen LogP contribution in [0.3, 0.4) is 0 Å². The van der Waals surface area contributed by atoms with Crippen LogP contribution in [0.5, 0.6) is 5.75 Å². The Bertz CT molecular complexity index is 721. The highest BCUT2D eigenvalue weighted by molar-refractivity contribution is 14.0. The van der Waals surface area contributed by atoms with Crippen molar-refractivity contribution >= 4 is 40.0 Å². The fourth-order valence-corrected chi connectivity index (χ4v) is 3.64. The van der Waals surface area contributed by atoms with Crippen LogP contribution in [0.1, 0.15) is 31.9 Å². The molecular formula is C18H33IN4O3S. The van der Waals surface area contributed by atoms with Gasteiger partial charge in [-0.1, -0.05) is 17.7 Å². The van der Waals surface area contributed by atoms with Gasteiger partial charge in [-0.3, -0.25) is 4.99 Å². The van der Waals surface area contributed by atoms with E-state index in [1.165, 1.54) is 5.56 Å². The van der Waals surface area contributed by atoms with E-state index in [0.717, 1.165) is 30.5 Å². The second-order valence-electron chi connectivity index (χ2n) is 6.95. The predicted molar refractivity (Wildman–Crippen MR) is 123 cm³/mol. The quantitative estimate of drug-likeness (QED) is 0.268. The molecule has 0 aromatic heterocycles. The monoisotopic (exact) mass is 512 g/mol. The Morgan fingerprint density at radius 3 is 2.48 bits per heavy atom. The van der Waals surface area contributed by atoms with E-state index < -0.39 is 15.6 Å². The summed E-state index contributed by atoms with van der Waals surface area (Å²) in [5.41, 5.74) is 1.67. The molecule has 0 bridgehead atoms. The van der Waals surface area contributed by atoms with E-state index in [1.807, 2.05) is 19.1 Å². The van der Waals surface area contributed by atoms with Crippen LogP contribution in [0.15, 0.2) is 23.2 Å². The van der Waals surface area contributed by atoms with Gasteiger partial charge in [-0.05, 0) is 45.7 Å². The molecule has 0 aliphatic carbocycles. The molecule has 0 atom stereocenters. The van der Waals surface area contributed by atoms with E-state index in [1.54, 1.807) is 21.0 Å². The first-order valence-corrected chi connectivity index (χ1v) is 10.6. The van der Waals surface area contributed by atoms with Crippen molar-refractivity contribution in [3.63, 3.8) is 0 Å². The summed E-state index contributed by atoms with van der Waals surface area (Å²) < 4.78 is 30.9. The molecule has 0 amide bonds. The highest BCUT2D eigenvalue weighted by atomic mass is 127. The molecule has 0 aliphatic heterocycles. The number of hydrogen-bond acceptors (Lipinski definition) is 4. The number of ether oxygens (including phenoxy) is 1. The van der Waals surface area contributed by atoms with Crippen LogP contribution >= 0.6 is 24.0 Å². The standard InChI is InChI=1S/C18H32N4O3S.HI/c1-7-19-17(21-13-18(3,4)22-26(6,23)24)20-11-10-15-12-14(2)8-9-16(15)25-5;/h8-9,12,22H,7,10-11,13H2,1-6H3,(H2,19,20,21);1H. The van der Waals surface area contributed by atoms with E-state index >= 15 is 0 Å². The largest absolute Gasteiger partial charge is 0.496 e. The van der Waals surface area contributed by atoms with Crippen molar-refractivity contribution < 1.29 is 13.2 Å². The number of aryl methyl sites for hydroxylation is 1. The third-order valence-corrected chi connectivity index (χ3v) is 4.48. The van der Waals surface area contributed by atoms with Crippen molar-refractivity contribution in [1.82, 2.24) is 15.4 Å². The van der Waals surface area contributed by atoms with Gasteiger partial charge < -0.3 is 15.4 Å². The molecule has 0 spiro atoms. The van der Waals surface area contributed by atoms with E-state index in [4.69, 9.17) is 4.74 Å². The van der Waals surface area contributed by atoms with Gasteiger partial charge in [0, 0.05) is 18.6 Å². The number of sulfonamides is 1. The molecule has 0 saturated carbocycles. The molecule has 1 rings (SSSR count). The molecule has 0 aliphatic rings. The Morgan fingerprint density at radius 2 is 1.93 bits per heavy atom. The van der Waals surface area contributed by atoms with E-state index in [-0.39, 0.29) is 24.0 Å². The molecular weight excluding hydrogens is 479 g/mol. The number of guanidine groups is 1. The van der Waals surface area contributed by atoms with Crippen LogP contribution in [0.4, 0.5) is 0 Å². The number of benzene rings is 1. The van der Waals surface area contributed by atoms with Gasteiger partial charge in [0.15, 0.2) is 5.96 Å². The number of hydrogen-bond donors (Lipinski definition) is 3. The Hall–Kier alpha value is -1.07. The first-order chi connectivity index (χ1) is 12.1. The molecule has 3 N–H and O–H groups in total. The fraction of sp³-hybridized carbons (Fsp3) is 0.611. The Labute approximate surface area is 180 Å². The van der Waals surface area contributed by atoms with Gasteiger partial charge in [0.25, 0.3) is 0 Å². The van der Waals surface area contributed by atoms with Crippen LogP contribution < -0.4 is 20.1 Å². The maximum Gasteiger partial charge on any atom is 0.209 e. The third kappa shape index (κ3) is 10.7. The van der Waals surface area contributed by atoms with Gasteiger partial charge in [-0.25, -0.2) is 13.1 Å². The van der Waals surface area contributed by atoms with Crippen LogP contribution in [0.25, 0.3) is 0 Å². The molecule has 7 nitrogen and oxygen atoms in total. The van der Waals surface area contributed by atoms with Crippen molar-refractivity contribution in [2.24, 2.45) is 4.99 Å². The molecule has 0 fully saturated rings. The first kappa shape index (κ1) is 25.9. The maximum atomic E-state index is 11.4. The minimum absolute atomic E-state index is 0. The lowest BCUT2D eigenvalue weighted by Crippen LogP contribution is -2.47. The SMILES string of the molecule is CCNC(=NCC(C)(C)NS(C)(=O)=O)NCCc1cc(C)ccc1OC.I. The molecule has 1 aromatic rings. The van der Waals surface area contributed by atoms with Crippen LogP contribution in [0, 0.1) is 6.92 Å². The van der Waals surface area contributed by atoms with Crippen LogP contribution in [0.2, 0.25) is 0 Å². The molecule has 156 valence electrons. The highest BCUT2D eigenvalue weighted by Crippen LogP contribution is 2.19. The molecule has 27 heavy (non-hydrogen) atoms. The molecule has 0 radical (unpaired) electrons. The Balaban J connectivity index is 0.00000676. The Kier molecular flexibility index (Phi) is 11.2. The average molecular weight is 512 g/mol. The summed E-state index contributed by atoms with van der Waals surface area (Å²) >= 11 is 0. The van der Waals surface area contributed by atoms with Gasteiger partial charge in [-0.2, -0.15) is 0 Å². The highest BCUT2D eigenvalue weighted by Gasteiger charge is 2.21. The predicted octanol–water partition coefficient (Wildman–Crippen LogP) is 2.05. The Morgan fingerprint density at radius 1 is 1.26 bits per heavy atom. The van der Waals surface area contributed by atoms with Crippen molar-refractivity contribution in [1.29, 1.82) is 0 Å². The summed E-state index contributed by atoms with van der Waals surface area (Å²) in [5, 5.41) is 6.46. The van der Waals surface area contributed by atoms with Crippen LogP contribution in [-0.4, -0.2) is 52.9 Å². The summed E-state index contributed by atoms with van der Waals surface area (Å²) in [7, 11) is -1.61. The van der Waals surface area contributed by atoms with E-state index in [0.29, 0.717) is 19.0 Å². The van der Waals surface area contributed by atoms with Gasteiger partial charge in [-0.15, -0.1) is 24.0 Å². The number of halogens is 1. The fourth-order valence-electron chi connectivity index (χ4n) is 2.57. The summed E-state index contributed by atoms with van der Waals surface area (Å²) in [4.78, 5) is 4.50. The minimum Gasteiger partial charge on any atom is -0.496 e. The summed E-state index contributed by atoms with van der Waals surface area (Å²) in [5.74, 6) is 1.53. The van der Waals surface area contributed by atoms with Gasteiger partial charge in [0.05, 0.1) is 19.9 Å². The first-order valence-electron chi connectivity index (χ1n) is 8.71. The van der Waals surface area contributed by atoms with Gasteiger partial charge in [0.1, 0.15) is 5.75 Å². The lowest BCUT2D eigenvalue weighted by atomic mass is 10.1. The van der Waals surface area contributed by atoms with Crippen molar-refractivity contribution in [3.05, 3.63) is 29.3 Å². The van der Waals surface area contributed by atoms with Gasteiger partial charge >= 0.3 is 0 Å². The number of nitrogens with one attached hydrogen (secondary N) is 3. The summed E-state index contributed by atoms with van der Waals surface area (Å²) in [6.45, 7) is 9.38. The maximum absolute atomic E-state index is 11.4.